The predicted octanol–water partition coefficient (Wildman–Crippen LogP) is 0.486. The number of hydrogen-bond acceptors (Lipinski definition) is 7. The van der Waals surface area contributed by atoms with Crippen molar-refractivity contribution >= 4 is 24.8 Å². The van der Waals surface area contributed by atoms with Gasteiger partial charge in [-0.15, -0.1) is 5.10 Å². The molecule has 0 amide bonds. The molecule has 0 bridgehead atoms. The van der Waals surface area contributed by atoms with Crippen LogP contribution in [0, 0.1) is 0 Å². The van der Waals surface area contributed by atoms with Crippen molar-refractivity contribution in [1.82, 2.24) is 20.2 Å². The number of benzene rings is 1. The van der Waals surface area contributed by atoms with Crippen molar-refractivity contribution in [2.24, 2.45) is 7.05 Å². The lowest BCUT2D eigenvalue weighted by Crippen LogP contribution is -2.36. The van der Waals surface area contributed by atoms with E-state index >= 15 is 0 Å². The Bertz CT molecular complexity index is 710. The number of aromatic nitrogens is 4. The summed E-state index contributed by atoms with van der Waals surface area (Å²) in [6, 6.07) is 4.96. The molecule has 0 saturated heterocycles. The molecule has 1 aromatic heterocycles. The fraction of sp³-hybridized carbons (Fsp3) is 0.333. The number of fused-ring (bicyclic) bond motifs is 1. The fourth-order valence-corrected chi connectivity index (χ4v) is 3.28. The summed E-state index contributed by atoms with van der Waals surface area (Å²) < 4.78 is 6.99. The van der Waals surface area contributed by atoms with Crippen LogP contribution in [0.5, 0.6) is 5.75 Å². The van der Waals surface area contributed by atoms with E-state index < -0.39 is 13.1 Å². The highest BCUT2D eigenvalue weighted by molar-refractivity contribution is 7.99. The van der Waals surface area contributed by atoms with Crippen molar-refractivity contribution in [1.29, 1.82) is 0 Å². The van der Waals surface area contributed by atoms with Crippen LogP contribution in [0.15, 0.2) is 23.4 Å². The van der Waals surface area contributed by atoms with Gasteiger partial charge in [-0.05, 0) is 28.5 Å². The maximum absolute atomic E-state index is 11.2. The van der Waals surface area contributed by atoms with Gasteiger partial charge in [-0.25, -0.2) is 9.48 Å². The number of hydrogen-bond donors (Lipinski definition) is 2. The van der Waals surface area contributed by atoms with Gasteiger partial charge in [0.2, 0.25) is 5.16 Å². The van der Waals surface area contributed by atoms with E-state index in [-0.39, 0.29) is 17.1 Å². The van der Waals surface area contributed by atoms with Crippen molar-refractivity contribution in [3.63, 3.8) is 0 Å². The molecule has 1 aliphatic heterocycles. The fourth-order valence-electron chi connectivity index (χ4n) is 2.32. The summed E-state index contributed by atoms with van der Waals surface area (Å²) in [5.74, 6) is -0.420. The third-order valence-corrected chi connectivity index (χ3v) is 4.66. The Morgan fingerprint density at radius 1 is 1.59 bits per heavy atom. The number of thioether (sulfide) groups is 1. The number of aryl methyl sites for hydroxylation is 1. The SMILES string of the molecule is Cn1nnnc1SCC1Cc2cccc(C(=O)O)c2OB1O. The molecule has 0 aliphatic carbocycles. The van der Waals surface area contributed by atoms with Gasteiger partial charge in [-0.1, -0.05) is 23.9 Å². The minimum Gasteiger partial charge on any atom is -0.535 e. The molecule has 1 unspecified atom stereocenters. The Morgan fingerprint density at radius 2 is 2.41 bits per heavy atom. The van der Waals surface area contributed by atoms with Crippen molar-refractivity contribution in [3.05, 3.63) is 29.3 Å². The van der Waals surface area contributed by atoms with E-state index in [2.05, 4.69) is 15.5 Å². The number of nitrogens with zero attached hydrogens (tertiary/aromatic N) is 4. The van der Waals surface area contributed by atoms with E-state index in [0.29, 0.717) is 17.3 Å². The second kappa shape index (κ2) is 5.97. The second-order valence-corrected chi connectivity index (χ2v) is 5.95. The van der Waals surface area contributed by atoms with Gasteiger partial charge in [-0.2, -0.15) is 0 Å². The third kappa shape index (κ3) is 2.79. The summed E-state index contributed by atoms with van der Waals surface area (Å²) in [6.07, 6.45) is 0.538. The maximum Gasteiger partial charge on any atom is 0.527 e. The molecule has 0 spiro atoms. The quantitative estimate of drug-likeness (QED) is 0.618. The van der Waals surface area contributed by atoms with Crippen molar-refractivity contribution in [2.75, 3.05) is 5.75 Å². The zero-order valence-electron chi connectivity index (χ0n) is 11.7. The smallest absolute Gasteiger partial charge is 0.527 e. The van der Waals surface area contributed by atoms with Gasteiger partial charge in [-0.3, -0.25) is 0 Å². The highest BCUT2D eigenvalue weighted by Gasteiger charge is 2.36. The molecular weight excluding hydrogens is 307 g/mol. The lowest BCUT2D eigenvalue weighted by atomic mass is 9.68. The van der Waals surface area contributed by atoms with Crippen molar-refractivity contribution < 1.29 is 19.6 Å². The van der Waals surface area contributed by atoms with Crippen LogP contribution in [-0.4, -0.2) is 49.2 Å². The molecule has 3 rings (SSSR count). The third-order valence-electron chi connectivity index (χ3n) is 3.46. The summed E-state index contributed by atoms with van der Waals surface area (Å²) in [5, 5.41) is 31.1. The van der Waals surface area contributed by atoms with Gasteiger partial charge < -0.3 is 14.8 Å². The Balaban J connectivity index is 1.76. The molecule has 8 nitrogen and oxygen atoms in total. The number of carboxylic acid groups (broad SMARTS) is 1. The lowest BCUT2D eigenvalue weighted by molar-refractivity contribution is 0.0694. The average Bonchev–Trinajstić information content (AvgIpc) is 2.89. The highest BCUT2D eigenvalue weighted by atomic mass is 32.2. The number of para-hydroxylation sites is 1. The number of rotatable bonds is 4. The first-order valence-corrected chi connectivity index (χ1v) is 7.60. The molecule has 114 valence electrons. The molecule has 0 radical (unpaired) electrons. The molecule has 1 aliphatic rings. The number of carbonyl (C=O) groups is 1. The Kier molecular flexibility index (Phi) is 4.03. The zero-order chi connectivity index (χ0) is 15.7. The van der Waals surface area contributed by atoms with Crippen LogP contribution >= 0.6 is 11.8 Å². The Hall–Kier alpha value is -2.07. The van der Waals surface area contributed by atoms with Gasteiger partial charge in [0.25, 0.3) is 0 Å². The summed E-state index contributed by atoms with van der Waals surface area (Å²) in [6.45, 7) is 0. The first-order chi connectivity index (χ1) is 10.6. The summed E-state index contributed by atoms with van der Waals surface area (Å²) in [5.41, 5.74) is 0.854. The maximum atomic E-state index is 11.2. The monoisotopic (exact) mass is 320 g/mol. The minimum absolute atomic E-state index is 0.0696. The summed E-state index contributed by atoms with van der Waals surface area (Å²) in [7, 11) is 0.687. The number of carboxylic acids is 1. The van der Waals surface area contributed by atoms with Gasteiger partial charge in [0.1, 0.15) is 5.75 Å². The molecule has 22 heavy (non-hydrogen) atoms. The van der Waals surface area contributed by atoms with E-state index in [4.69, 9.17) is 9.76 Å². The predicted molar refractivity (Wildman–Crippen MR) is 79.0 cm³/mol. The van der Waals surface area contributed by atoms with E-state index in [1.165, 1.54) is 17.8 Å². The lowest BCUT2D eigenvalue weighted by Gasteiger charge is -2.27. The van der Waals surface area contributed by atoms with Gasteiger partial charge in [0.15, 0.2) is 0 Å². The van der Waals surface area contributed by atoms with Gasteiger partial charge in [0.05, 0.1) is 5.56 Å². The van der Waals surface area contributed by atoms with Crippen LogP contribution in [0.3, 0.4) is 0 Å². The standard InChI is InChI=1S/C12H13BN4O4S/c1-17-12(14-15-16-17)22-6-8-5-7-3-2-4-9(11(18)19)10(7)21-13(8)20/h2-4,8,20H,5-6H2,1H3,(H,18,19). The van der Waals surface area contributed by atoms with E-state index in [1.807, 2.05) is 6.07 Å². The van der Waals surface area contributed by atoms with Gasteiger partial charge >= 0.3 is 13.1 Å². The number of tetrazole rings is 1. The molecular formula is C12H13BN4O4S. The van der Waals surface area contributed by atoms with E-state index in [1.54, 1.807) is 17.8 Å². The molecule has 0 fully saturated rings. The first kappa shape index (κ1) is 14.9. The minimum atomic E-state index is -1.07. The molecule has 1 atom stereocenters. The molecule has 10 heteroatoms. The van der Waals surface area contributed by atoms with Crippen molar-refractivity contribution in [3.8, 4) is 5.75 Å². The van der Waals surface area contributed by atoms with E-state index in [9.17, 15) is 9.82 Å². The highest BCUT2D eigenvalue weighted by Crippen LogP contribution is 2.36. The van der Waals surface area contributed by atoms with Gasteiger partial charge in [0, 0.05) is 18.6 Å². The summed E-state index contributed by atoms with van der Waals surface area (Å²) >= 11 is 1.42. The normalized spacial score (nSPS) is 17.0. The van der Waals surface area contributed by atoms with Crippen LogP contribution in [0.1, 0.15) is 15.9 Å². The van der Waals surface area contributed by atoms with Crippen LogP contribution in [0.4, 0.5) is 0 Å². The first-order valence-electron chi connectivity index (χ1n) is 6.61. The average molecular weight is 320 g/mol. The zero-order valence-corrected chi connectivity index (χ0v) is 12.5. The van der Waals surface area contributed by atoms with Crippen LogP contribution in [0.25, 0.3) is 0 Å². The Labute approximate surface area is 130 Å². The van der Waals surface area contributed by atoms with E-state index in [0.717, 1.165) is 5.56 Å². The molecule has 1 aromatic carbocycles. The van der Waals surface area contributed by atoms with Crippen LogP contribution < -0.4 is 4.65 Å². The largest absolute Gasteiger partial charge is 0.535 e. The van der Waals surface area contributed by atoms with Crippen LogP contribution in [-0.2, 0) is 13.5 Å². The molecule has 2 N–H and O–H groups in total. The second-order valence-electron chi connectivity index (χ2n) is 4.97. The van der Waals surface area contributed by atoms with Crippen molar-refractivity contribution in [2.45, 2.75) is 17.4 Å². The number of aromatic carboxylic acids is 1. The van der Waals surface area contributed by atoms with Crippen LogP contribution in [0.2, 0.25) is 5.82 Å². The Morgan fingerprint density at radius 3 is 3.09 bits per heavy atom. The topological polar surface area (TPSA) is 110 Å². The molecule has 0 saturated carbocycles. The summed E-state index contributed by atoms with van der Waals surface area (Å²) in [4.78, 5) is 11.2. The molecule has 2 aromatic rings. The molecule has 2 heterocycles.